The number of ether oxygens (including phenoxy) is 3. The van der Waals surface area contributed by atoms with Crippen molar-refractivity contribution in [2.45, 2.75) is 12.8 Å². The quantitative estimate of drug-likeness (QED) is 0.426. The largest absolute Gasteiger partial charge is 0.456 e. The van der Waals surface area contributed by atoms with Crippen molar-refractivity contribution in [2.75, 3.05) is 25.3 Å². The summed E-state index contributed by atoms with van der Waals surface area (Å²) in [7, 11) is 0. The molecule has 0 aromatic heterocycles. The van der Waals surface area contributed by atoms with Gasteiger partial charge < -0.3 is 19.5 Å². The van der Waals surface area contributed by atoms with Gasteiger partial charge in [-0.1, -0.05) is 24.3 Å². The van der Waals surface area contributed by atoms with Crippen LogP contribution >= 0.6 is 0 Å². The van der Waals surface area contributed by atoms with Gasteiger partial charge in [0.15, 0.2) is 18.1 Å². The Bertz CT molecular complexity index is 1280. The van der Waals surface area contributed by atoms with E-state index in [-0.39, 0.29) is 38.0 Å². The summed E-state index contributed by atoms with van der Waals surface area (Å²) in [4.78, 5) is 51.0. The fraction of sp³-hybridized carbons (Fsp3) is 0.200. The Morgan fingerprint density at radius 2 is 1.65 bits per heavy atom. The highest BCUT2D eigenvalue weighted by molar-refractivity contribution is 6.25. The molecular weight excluding hydrogens is 440 g/mol. The number of hydrogen-bond acceptors (Lipinski definition) is 7. The molecule has 0 bridgehead atoms. The Labute approximate surface area is 194 Å². The molecule has 0 atom stereocenters. The zero-order valence-corrected chi connectivity index (χ0v) is 18.0. The summed E-state index contributed by atoms with van der Waals surface area (Å²) >= 11 is 0. The Morgan fingerprint density at radius 1 is 0.941 bits per heavy atom. The van der Waals surface area contributed by atoms with E-state index in [0.717, 1.165) is 10.3 Å². The van der Waals surface area contributed by atoms with E-state index in [1.54, 1.807) is 42.5 Å². The predicted molar refractivity (Wildman–Crippen MR) is 121 cm³/mol. The Balaban J connectivity index is 1.11. The van der Waals surface area contributed by atoms with Gasteiger partial charge in [-0.3, -0.25) is 24.1 Å². The van der Waals surface area contributed by atoms with Crippen molar-refractivity contribution in [3.63, 3.8) is 0 Å². The number of imide groups is 1. The zero-order valence-electron chi connectivity index (χ0n) is 18.0. The average molecular weight is 460 g/mol. The van der Waals surface area contributed by atoms with Gasteiger partial charge in [-0.25, -0.2) is 0 Å². The summed E-state index contributed by atoms with van der Waals surface area (Å²) in [5.74, 6) is -0.749. The Kier molecular flexibility index (Phi) is 5.59. The van der Waals surface area contributed by atoms with Crippen LogP contribution in [0.5, 0.6) is 11.5 Å². The minimum absolute atomic E-state index is 0.0415. The third-order valence-corrected chi connectivity index (χ3v) is 5.64. The van der Waals surface area contributed by atoms with Crippen LogP contribution in [0.1, 0.15) is 33.6 Å². The van der Waals surface area contributed by atoms with Crippen LogP contribution in [0.25, 0.3) is 10.8 Å². The molecule has 9 heteroatoms. The minimum atomic E-state index is -0.597. The summed E-state index contributed by atoms with van der Waals surface area (Å²) < 4.78 is 15.5. The molecule has 2 aliphatic heterocycles. The molecule has 0 radical (unpaired) electrons. The van der Waals surface area contributed by atoms with Crippen LogP contribution in [0, 0.1) is 0 Å². The molecule has 3 aromatic rings. The lowest BCUT2D eigenvalue weighted by Gasteiger charge is -2.27. The first-order chi connectivity index (χ1) is 16.5. The van der Waals surface area contributed by atoms with E-state index in [1.165, 1.54) is 0 Å². The number of carbonyl (C=O) groups is 4. The van der Waals surface area contributed by atoms with Crippen LogP contribution in [0.2, 0.25) is 0 Å². The second-order valence-corrected chi connectivity index (χ2v) is 7.85. The van der Waals surface area contributed by atoms with Gasteiger partial charge in [0.1, 0.15) is 0 Å². The van der Waals surface area contributed by atoms with Crippen molar-refractivity contribution in [2.24, 2.45) is 0 Å². The number of rotatable bonds is 7. The van der Waals surface area contributed by atoms with Crippen molar-refractivity contribution < 1.29 is 33.4 Å². The normalized spacial score (nSPS) is 13.8. The van der Waals surface area contributed by atoms with Crippen LogP contribution in [0.15, 0.2) is 54.6 Å². The van der Waals surface area contributed by atoms with Gasteiger partial charge in [-0.2, -0.15) is 0 Å². The molecule has 0 spiro atoms. The number of nitrogens with zero attached hydrogens (tertiary/aromatic N) is 1. The fourth-order valence-electron chi connectivity index (χ4n) is 4.05. The molecule has 172 valence electrons. The maximum Gasteiger partial charge on any atom is 0.306 e. The van der Waals surface area contributed by atoms with Crippen LogP contribution < -0.4 is 14.8 Å². The smallest absolute Gasteiger partial charge is 0.306 e. The summed E-state index contributed by atoms with van der Waals surface area (Å²) in [5, 5.41) is 4.11. The molecule has 2 heterocycles. The van der Waals surface area contributed by atoms with Crippen LogP contribution in [0.4, 0.5) is 5.69 Å². The van der Waals surface area contributed by atoms with Gasteiger partial charge in [0.05, 0.1) is 0 Å². The first-order valence-corrected chi connectivity index (χ1v) is 10.7. The van der Waals surface area contributed by atoms with Crippen LogP contribution in [-0.4, -0.2) is 48.5 Å². The standard InChI is InChI=1S/C25H20N2O7/c28-21(26-16-9-10-19-20(12-16)34-14-33-19)13-32-22(29)8-3-11-27-24(30)17-6-1-4-15-5-2-7-18(23(15)17)25(27)31/h1-2,4-7,9-10,12H,3,8,11,13-14H2,(H,26,28). The van der Waals surface area contributed by atoms with Gasteiger partial charge in [0, 0.05) is 41.2 Å². The van der Waals surface area contributed by atoms with Crippen molar-refractivity contribution in [1.29, 1.82) is 0 Å². The van der Waals surface area contributed by atoms with Gasteiger partial charge in [0.25, 0.3) is 17.7 Å². The van der Waals surface area contributed by atoms with Crippen molar-refractivity contribution in [3.8, 4) is 11.5 Å². The molecule has 2 aliphatic rings. The van der Waals surface area contributed by atoms with E-state index >= 15 is 0 Å². The van der Waals surface area contributed by atoms with E-state index in [0.29, 0.717) is 33.7 Å². The maximum atomic E-state index is 12.9. The number of fused-ring (bicyclic) bond motifs is 1. The molecule has 3 amide bonds. The minimum Gasteiger partial charge on any atom is -0.456 e. The number of nitrogens with one attached hydrogen (secondary N) is 1. The monoisotopic (exact) mass is 460 g/mol. The summed E-state index contributed by atoms with van der Waals surface area (Å²) in [5.41, 5.74) is 1.42. The van der Waals surface area contributed by atoms with Crippen molar-refractivity contribution in [3.05, 3.63) is 65.7 Å². The highest BCUT2D eigenvalue weighted by Crippen LogP contribution is 2.34. The average Bonchev–Trinajstić information content (AvgIpc) is 3.31. The highest BCUT2D eigenvalue weighted by atomic mass is 16.7. The van der Waals surface area contributed by atoms with E-state index in [2.05, 4.69) is 5.32 Å². The van der Waals surface area contributed by atoms with E-state index in [1.807, 2.05) is 12.1 Å². The molecular formula is C25H20N2O7. The second kappa shape index (κ2) is 8.86. The second-order valence-electron chi connectivity index (χ2n) is 7.85. The van der Waals surface area contributed by atoms with E-state index in [9.17, 15) is 19.2 Å². The lowest BCUT2D eigenvalue weighted by molar-refractivity contribution is -0.147. The molecule has 34 heavy (non-hydrogen) atoms. The molecule has 0 aliphatic carbocycles. The molecule has 9 nitrogen and oxygen atoms in total. The first kappa shape index (κ1) is 21.4. The molecule has 5 rings (SSSR count). The number of amides is 3. The van der Waals surface area contributed by atoms with Crippen LogP contribution in [0.3, 0.4) is 0 Å². The predicted octanol–water partition coefficient (Wildman–Crippen LogP) is 3.13. The zero-order chi connectivity index (χ0) is 23.7. The van der Waals surface area contributed by atoms with Crippen molar-refractivity contribution >= 4 is 40.2 Å². The molecule has 0 unspecified atom stereocenters. The molecule has 0 saturated carbocycles. The molecule has 1 N–H and O–H groups in total. The number of carbonyl (C=O) groups excluding carboxylic acids is 4. The SMILES string of the molecule is O=C(COC(=O)CCCN1C(=O)c2cccc3cccc(c23)C1=O)Nc1ccc2c(c1)OCO2. The first-order valence-electron chi connectivity index (χ1n) is 10.7. The highest BCUT2D eigenvalue weighted by Gasteiger charge is 2.32. The van der Waals surface area contributed by atoms with Gasteiger partial charge in [-0.15, -0.1) is 0 Å². The summed E-state index contributed by atoms with van der Waals surface area (Å²) in [6.45, 7) is -0.258. The van der Waals surface area contributed by atoms with E-state index < -0.39 is 18.5 Å². The number of esters is 1. The Hall–Kier alpha value is -4.40. The summed E-state index contributed by atoms with van der Waals surface area (Å²) in [6.07, 6.45) is 0.179. The number of anilines is 1. The third-order valence-electron chi connectivity index (χ3n) is 5.64. The number of hydrogen-bond donors (Lipinski definition) is 1. The van der Waals surface area contributed by atoms with Crippen LogP contribution in [-0.2, 0) is 14.3 Å². The number of benzene rings is 3. The van der Waals surface area contributed by atoms with E-state index in [4.69, 9.17) is 14.2 Å². The van der Waals surface area contributed by atoms with Gasteiger partial charge in [-0.05, 0) is 36.1 Å². The lowest BCUT2D eigenvalue weighted by atomic mass is 9.94. The summed E-state index contributed by atoms with van der Waals surface area (Å²) in [6, 6.07) is 15.6. The maximum absolute atomic E-state index is 12.9. The Morgan fingerprint density at radius 3 is 2.38 bits per heavy atom. The molecule has 0 saturated heterocycles. The molecule has 3 aromatic carbocycles. The molecule has 0 fully saturated rings. The third kappa shape index (κ3) is 4.03. The van der Waals surface area contributed by atoms with Gasteiger partial charge >= 0.3 is 5.97 Å². The van der Waals surface area contributed by atoms with Gasteiger partial charge in [0.2, 0.25) is 6.79 Å². The fourth-order valence-corrected chi connectivity index (χ4v) is 4.05. The lowest BCUT2D eigenvalue weighted by Crippen LogP contribution is -2.41. The van der Waals surface area contributed by atoms with Crippen molar-refractivity contribution in [1.82, 2.24) is 4.90 Å². The topological polar surface area (TPSA) is 111 Å².